The first-order chi connectivity index (χ1) is 4.21. The molecular formula is C9H16. The van der Waals surface area contributed by atoms with E-state index in [4.69, 9.17) is 0 Å². The normalized spacial score (nSPS) is 50.3. The maximum Gasteiger partial charge on any atom is -0.0212 e. The molecule has 0 heterocycles. The lowest BCUT2D eigenvalue weighted by atomic mass is 9.83. The summed E-state index contributed by atoms with van der Waals surface area (Å²) in [6.07, 6.45) is 4.38. The van der Waals surface area contributed by atoms with E-state index in [9.17, 15) is 0 Å². The average Bonchev–Trinajstić information content (AvgIpc) is 2.60. The molecule has 2 rings (SSSR count). The van der Waals surface area contributed by atoms with Crippen LogP contribution in [0.15, 0.2) is 0 Å². The van der Waals surface area contributed by atoms with Gasteiger partial charge < -0.3 is 0 Å². The predicted molar refractivity (Wildman–Crippen MR) is 39.2 cm³/mol. The first-order valence-corrected chi connectivity index (χ1v) is 4.21. The van der Waals surface area contributed by atoms with Gasteiger partial charge in [0.1, 0.15) is 0 Å². The summed E-state index contributed by atoms with van der Waals surface area (Å²) < 4.78 is 0. The number of rotatable bonds is 2. The summed E-state index contributed by atoms with van der Waals surface area (Å²) in [6.45, 7) is 7.16. The van der Waals surface area contributed by atoms with E-state index in [1.54, 1.807) is 0 Å². The van der Waals surface area contributed by atoms with Crippen molar-refractivity contribution in [2.75, 3.05) is 0 Å². The second kappa shape index (κ2) is 1.21. The van der Waals surface area contributed by atoms with Gasteiger partial charge in [-0.1, -0.05) is 20.8 Å². The van der Waals surface area contributed by atoms with Gasteiger partial charge in [0, 0.05) is 0 Å². The summed E-state index contributed by atoms with van der Waals surface area (Å²) in [5, 5.41) is 0. The summed E-state index contributed by atoms with van der Waals surface area (Å²) in [4.78, 5) is 0. The fourth-order valence-corrected chi connectivity index (χ4v) is 3.13. The van der Waals surface area contributed by atoms with Crippen molar-refractivity contribution in [1.82, 2.24) is 0 Å². The van der Waals surface area contributed by atoms with Gasteiger partial charge in [0.05, 0.1) is 0 Å². The lowest BCUT2D eigenvalue weighted by Gasteiger charge is -2.21. The van der Waals surface area contributed by atoms with Crippen molar-refractivity contribution in [2.45, 2.75) is 40.0 Å². The Morgan fingerprint density at radius 2 is 1.78 bits per heavy atom. The molecule has 2 unspecified atom stereocenters. The predicted octanol–water partition coefficient (Wildman–Crippen LogP) is 2.83. The van der Waals surface area contributed by atoms with E-state index in [1.807, 2.05) is 0 Å². The molecule has 0 aliphatic heterocycles. The molecule has 0 amide bonds. The van der Waals surface area contributed by atoms with Crippen LogP contribution in [0.25, 0.3) is 0 Å². The van der Waals surface area contributed by atoms with Gasteiger partial charge in [-0.3, -0.25) is 0 Å². The Bertz CT molecular complexity index is 144. The fourth-order valence-electron chi connectivity index (χ4n) is 3.13. The zero-order valence-corrected chi connectivity index (χ0v) is 6.70. The highest BCUT2D eigenvalue weighted by Crippen LogP contribution is 2.90. The summed E-state index contributed by atoms with van der Waals surface area (Å²) >= 11 is 0. The third kappa shape index (κ3) is 0.367. The molecule has 0 heteroatoms. The zero-order chi connectivity index (χ0) is 6.70. The lowest BCUT2D eigenvalue weighted by molar-refractivity contribution is 0.286. The van der Waals surface area contributed by atoms with Crippen LogP contribution < -0.4 is 0 Å². The Morgan fingerprint density at radius 1 is 1.33 bits per heavy atom. The van der Waals surface area contributed by atoms with Gasteiger partial charge in [-0.15, -0.1) is 0 Å². The van der Waals surface area contributed by atoms with E-state index in [0.29, 0.717) is 0 Å². The number of fused-ring (bicyclic) bond motifs is 1. The third-order valence-corrected chi connectivity index (χ3v) is 4.22. The Hall–Kier alpha value is 0. The molecule has 52 valence electrons. The van der Waals surface area contributed by atoms with E-state index in [2.05, 4.69) is 20.8 Å². The Labute approximate surface area is 57.6 Å². The molecule has 0 aromatic rings. The maximum absolute atomic E-state index is 2.46. The van der Waals surface area contributed by atoms with Crippen LogP contribution in [0, 0.1) is 16.7 Å². The van der Waals surface area contributed by atoms with Gasteiger partial charge in [0.15, 0.2) is 0 Å². The minimum atomic E-state index is 0.826. The molecule has 0 spiro atoms. The van der Waals surface area contributed by atoms with Crippen molar-refractivity contribution < 1.29 is 0 Å². The Balaban J connectivity index is 2.12. The van der Waals surface area contributed by atoms with E-state index in [-0.39, 0.29) is 0 Å². The highest BCUT2D eigenvalue weighted by Gasteiger charge is 2.83. The van der Waals surface area contributed by atoms with E-state index in [0.717, 1.165) is 16.7 Å². The summed E-state index contributed by atoms with van der Waals surface area (Å²) in [5.74, 6) is 1.14. The van der Waals surface area contributed by atoms with Gasteiger partial charge in [0.2, 0.25) is 0 Å². The first kappa shape index (κ1) is 5.76. The van der Waals surface area contributed by atoms with E-state index < -0.39 is 0 Å². The molecule has 0 radical (unpaired) electrons. The topological polar surface area (TPSA) is 0 Å². The quantitative estimate of drug-likeness (QED) is 0.531. The third-order valence-electron chi connectivity index (χ3n) is 4.22. The molecule has 0 aromatic carbocycles. The molecule has 2 fully saturated rings. The highest BCUT2D eigenvalue weighted by atomic mass is 14.9. The first-order valence-electron chi connectivity index (χ1n) is 4.21. The SMILES string of the molecule is CCC1(CC)C2CC21C. The largest absolute Gasteiger partial charge is 0.0648 e. The second-order valence-electron chi connectivity index (χ2n) is 4.04. The summed E-state index contributed by atoms with van der Waals surface area (Å²) in [5.41, 5.74) is 1.66. The highest BCUT2D eigenvalue weighted by molar-refractivity contribution is 5.31. The molecule has 2 aliphatic rings. The van der Waals surface area contributed by atoms with Crippen LogP contribution in [-0.2, 0) is 0 Å². The Morgan fingerprint density at radius 3 is 1.78 bits per heavy atom. The van der Waals surface area contributed by atoms with Crippen LogP contribution in [-0.4, -0.2) is 0 Å². The molecule has 9 heavy (non-hydrogen) atoms. The van der Waals surface area contributed by atoms with Crippen molar-refractivity contribution >= 4 is 0 Å². The summed E-state index contributed by atoms with van der Waals surface area (Å²) in [6, 6.07) is 0. The van der Waals surface area contributed by atoms with Crippen molar-refractivity contribution in [1.29, 1.82) is 0 Å². The smallest absolute Gasteiger partial charge is 0.0212 e. The van der Waals surface area contributed by atoms with Gasteiger partial charge in [-0.2, -0.15) is 0 Å². The van der Waals surface area contributed by atoms with E-state index >= 15 is 0 Å². The van der Waals surface area contributed by atoms with Gasteiger partial charge in [0.25, 0.3) is 0 Å². The van der Waals surface area contributed by atoms with Gasteiger partial charge >= 0.3 is 0 Å². The van der Waals surface area contributed by atoms with Crippen LogP contribution in [0.2, 0.25) is 0 Å². The van der Waals surface area contributed by atoms with Crippen molar-refractivity contribution in [3.8, 4) is 0 Å². The second-order valence-corrected chi connectivity index (χ2v) is 4.04. The lowest BCUT2D eigenvalue weighted by Crippen LogP contribution is -2.12. The van der Waals surface area contributed by atoms with Crippen LogP contribution in [0.3, 0.4) is 0 Å². The van der Waals surface area contributed by atoms with E-state index in [1.165, 1.54) is 19.3 Å². The molecule has 2 aliphatic carbocycles. The number of hydrogen-bond donors (Lipinski definition) is 0. The van der Waals surface area contributed by atoms with Crippen molar-refractivity contribution in [3.05, 3.63) is 0 Å². The Kier molecular flexibility index (Phi) is 0.774. The van der Waals surface area contributed by atoms with Crippen LogP contribution in [0.1, 0.15) is 40.0 Å². The standard InChI is InChI=1S/C9H16/c1-4-9(5-2)7-6-8(7,9)3/h7H,4-6H2,1-3H3. The molecule has 2 saturated carbocycles. The van der Waals surface area contributed by atoms with Crippen LogP contribution in [0.5, 0.6) is 0 Å². The minimum absolute atomic E-state index is 0.826. The maximum atomic E-state index is 2.46. The number of hydrogen-bond acceptors (Lipinski definition) is 0. The monoisotopic (exact) mass is 124 g/mol. The van der Waals surface area contributed by atoms with Gasteiger partial charge in [-0.25, -0.2) is 0 Å². The molecular weight excluding hydrogens is 108 g/mol. The van der Waals surface area contributed by atoms with Crippen LogP contribution >= 0.6 is 0 Å². The fraction of sp³-hybridized carbons (Fsp3) is 1.00. The average molecular weight is 124 g/mol. The minimum Gasteiger partial charge on any atom is -0.0648 e. The molecule has 2 atom stereocenters. The zero-order valence-electron chi connectivity index (χ0n) is 6.70. The van der Waals surface area contributed by atoms with Crippen molar-refractivity contribution in [3.63, 3.8) is 0 Å². The molecule has 0 bridgehead atoms. The van der Waals surface area contributed by atoms with Crippen LogP contribution in [0.4, 0.5) is 0 Å². The molecule has 0 nitrogen and oxygen atoms in total. The summed E-state index contributed by atoms with van der Waals surface area (Å²) in [7, 11) is 0. The molecule has 0 N–H and O–H groups in total. The molecule has 0 saturated heterocycles. The molecule has 0 aromatic heterocycles. The van der Waals surface area contributed by atoms with Gasteiger partial charge in [-0.05, 0) is 36.0 Å². The van der Waals surface area contributed by atoms with Crippen molar-refractivity contribution in [2.24, 2.45) is 16.7 Å².